The van der Waals surface area contributed by atoms with Crippen LogP contribution in [0.4, 0.5) is 14.4 Å². The van der Waals surface area contributed by atoms with Crippen LogP contribution in [0.25, 0.3) is 0 Å². The number of ether oxygens (including phenoxy) is 3. The zero-order valence-electron chi connectivity index (χ0n) is 21.8. The number of alkyl carbamates (subject to hydrolysis) is 3. The van der Waals surface area contributed by atoms with Crippen LogP contribution in [0.15, 0.2) is 43.0 Å². The summed E-state index contributed by atoms with van der Waals surface area (Å²) in [5.74, 6) is -2.17. The number of hydrogen-bond donors (Lipinski definition) is 5. The van der Waals surface area contributed by atoms with Gasteiger partial charge in [-0.1, -0.05) is 43.0 Å². The van der Waals surface area contributed by atoms with Crippen molar-refractivity contribution < 1.29 is 43.3 Å². The molecule has 0 aliphatic rings. The number of aliphatic carboxylic acids is 1. The lowest BCUT2D eigenvalue weighted by Gasteiger charge is -2.22. The van der Waals surface area contributed by atoms with Crippen LogP contribution in [0.2, 0.25) is 0 Å². The second-order valence-corrected chi connectivity index (χ2v) is 8.98. The van der Waals surface area contributed by atoms with Gasteiger partial charge in [0.2, 0.25) is 5.91 Å². The molecule has 13 heteroatoms. The van der Waals surface area contributed by atoms with Gasteiger partial charge in [0.05, 0.1) is 0 Å². The lowest BCUT2D eigenvalue weighted by Crippen LogP contribution is -2.53. The fraction of sp³-hybridized carbons (Fsp3) is 0.480. The summed E-state index contributed by atoms with van der Waals surface area (Å²) in [6, 6.07) is 6.21. The lowest BCUT2D eigenvalue weighted by molar-refractivity contribution is -0.142. The summed E-state index contributed by atoms with van der Waals surface area (Å²) in [5.41, 5.74) is -0.0105. The predicted octanol–water partition coefficient (Wildman–Crippen LogP) is 2.07. The van der Waals surface area contributed by atoms with E-state index in [1.807, 2.05) is 0 Å². The fourth-order valence-corrected chi connectivity index (χ4v) is 2.84. The van der Waals surface area contributed by atoms with Crippen molar-refractivity contribution in [1.29, 1.82) is 0 Å². The molecule has 38 heavy (non-hydrogen) atoms. The van der Waals surface area contributed by atoms with Crippen LogP contribution >= 0.6 is 0 Å². The standard InChI is InChI=1S/C25H36N4O9/c1-5-15-36-22(33)26-13-11-18(29-24(35)37-16-17-9-7-6-8-10-17)20(30)28-19(21(31)32)12-14-27-23(34)38-25(2,3)4/h5-10,18-19H,1,11-16H2,2-4H3,(H,26,33)(H,27,34)(H,28,30)(H,29,35)(H,31,32)/t18-,19-/m0/s1. The summed E-state index contributed by atoms with van der Waals surface area (Å²) in [6.45, 7) is 8.22. The highest BCUT2D eigenvalue weighted by atomic mass is 16.6. The Morgan fingerprint density at radius 3 is 2.08 bits per heavy atom. The van der Waals surface area contributed by atoms with Crippen molar-refractivity contribution in [1.82, 2.24) is 21.3 Å². The van der Waals surface area contributed by atoms with E-state index >= 15 is 0 Å². The normalized spacial score (nSPS) is 12.2. The summed E-state index contributed by atoms with van der Waals surface area (Å²) in [7, 11) is 0. The van der Waals surface area contributed by atoms with Crippen molar-refractivity contribution in [2.75, 3.05) is 19.7 Å². The second kappa shape index (κ2) is 16.5. The minimum absolute atomic E-state index is 0.0164. The molecule has 0 aliphatic carbocycles. The van der Waals surface area contributed by atoms with Gasteiger partial charge in [-0.15, -0.1) is 0 Å². The number of carbonyl (C=O) groups excluding carboxylic acids is 4. The maximum absolute atomic E-state index is 12.9. The number of rotatable bonds is 14. The molecule has 0 saturated heterocycles. The third-order valence-corrected chi connectivity index (χ3v) is 4.57. The van der Waals surface area contributed by atoms with Crippen LogP contribution in [0, 0.1) is 0 Å². The van der Waals surface area contributed by atoms with Gasteiger partial charge in [-0.05, 0) is 39.2 Å². The maximum atomic E-state index is 12.9. The van der Waals surface area contributed by atoms with E-state index in [-0.39, 0.29) is 39.1 Å². The molecule has 2 atom stereocenters. The third kappa shape index (κ3) is 14.3. The van der Waals surface area contributed by atoms with Crippen molar-refractivity contribution in [2.45, 2.75) is 57.9 Å². The van der Waals surface area contributed by atoms with Crippen molar-refractivity contribution in [3.63, 3.8) is 0 Å². The largest absolute Gasteiger partial charge is 0.480 e. The Hall–Kier alpha value is -4.29. The SMILES string of the molecule is C=CCOC(=O)NCC[C@H](NC(=O)OCc1ccccc1)C(=O)N[C@@H](CCNC(=O)OC(C)(C)C)C(=O)O. The van der Waals surface area contributed by atoms with Gasteiger partial charge in [0.25, 0.3) is 0 Å². The smallest absolute Gasteiger partial charge is 0.408 e. The van der Waals surface area contributed by atoms with Gasteiger partial charge >= 0.3 is 24.2 Å². The first-order chi connectivity index (χ1) is 17.9. The van der Waals surface area contributed by atoms with Gasteiger partial charge in [-0.3, -0.25) is 4.79 Å². The highest BCUT2D eigenvalue weighted by molar-refractivity contribution is 5.89. The number of nitrogens with one attached hydrogen (secondary N) is 4. The van der Waals surface area contributed by atoms with Crippen LogP contribution in [0.3, 0.4) is 0 Å². The number of carboxylic acids is 1. The molecular formula is C25H36N4O9. The van der Waals surface area contributed by atoms with Crippen molar-refractivity contribution in [2.24, 2.45) is 0 Å². The highest BCUT2D eigenvalue weighted by Gasteiger charge is 2.27. The Balaban J connectivity index is 2.75. The first-order valence-corrected chi connectivity index (χ1v) is 11.9. The Morgan fingerprint density at radius 1 is 0.895 bits per heavy atom. The Morgan fingerprint density at radius 2 is 1.50 bits per heavy atom. The van der Waals surface area contributed by atoms with Gasteiger partial charge in [0, 0.05) is 13.1 Å². The Kier molecular flexibility index (Phi) is 13.7. The predicted molar refractivity (Wildman–Crippen MR) is 136 cm³/mol. The van der Waals surface area contributed by atoms with E-state index in [1.54, 1.807) is 51.1 Å². The van der Waals surface area contributed by atoms with E-state index in [0.717, 1.165) is 5.56 Å². The van der Waals surface area contributed by atoms with Gasteiger partial charge in [-0.2, -0.15) is 0 Å². The molecule has 0 bridgehead atoms. The molecule has 1 aromatic carbocycles. The summed E-state index contributed by atoms with van der Waals surface area (Å²) in [6.07, 6.45) is -1.28. The minimum Gasteiger partial charge on any atom is -0.480 e. The van der Waals surface area contributed by atoms with Crippen LogP contribution in [-0.2, 0) is 30.4 Å². The van der Waals surface area contributed by atoms with Crippen LogP contribution < -0.4 is 21.3 Å². The van der Waals surface area contributed by atoms with Gasteiger partial charge < -0.3 is 40.6 Å². The maximum Gasteiger partial charge on any atom is 0.408 e. The van der Waals surface area contributed by atoms with E-state index in [0.29, 0.717) is 0 Å². The molecule has 1 aromatic rings. The molecule has 0 aliphatic heterocycles. The summed E-state index contributed by atoms with van der Waals surface area (Å²) in [4.78, 5) is 60.3. The Labute approximate surface area is 221 Å². The molecule has 0 fully saturated rings. The van der Waals surface area contributed by atoms with Crippen LogP contribution in [0.1, 0.15) is 39.2 Å². The first kappa shape index (κ1) is 31.7. The summed E-state index contributed by atoms with van der Waals surface area (Å²) >= 11 is 0. The molecular weight excluding hydrogens is 500 g/mol. The van der Waals surface area contributed by atoms with Crippen LogP contribution in [0.5, 0.6) is 0 Å². The average Bonchev–Trinajstić information content (AvgIpc) is 2.84. The van der Waals surface area contributed by atoms with Gasteiger partial charge in [0.15, 0.2) is 0 Å². The topological polar surface area (TPSA) is 181 Å². The molecule has 210 valence electrons. The molecule has 0 saturated carbocycles. The quantitative estimate of drug-likeness (QED) is 0.176. The second-order valence-electron chi connectivity index (χ2n) is 8.98. The summed E-state index contributed by atoms with van der Waals surface area (Å²) < 4.78 is 15.0. The molecule has 4 amide bonds. The molecule has 5 N–H and O–H groups in total. The number of carboxylic acid groups (broad SMARTS) is 1. The molecule has 0 aromatic heterocycles. The van der Waals surface area contributed by atoms with Gasteiger partial charge in [-0.25, -0.2) is 19.2 Å². The van der Waals surface area contributed by atoms with E-state index in [2.05, 4.69) is 27.8 Å². The zero-order chi connectivity index (χ0) is 28.6. The zero-order valence-corrected chi connectivity index (χ0v) is 21.8. The summed E-state index contributed by atoms with van der Waals surface area (Å²) in [5, 5.41) is 19.1. The molecule has 0 radical (unpaired) electrons. The molecule has 0 spiro atoms. The Bertz CT molecular complexity index is 948. The number of hydrogen-bond acceptors (Lipinski definition) is 8. The first-order valence-electron chi connectivity index (χ1n) is 11.9. The van der Waals surface area contributed by atoms with Crippen molar-refractivity contribution >= 4 is 30.2 Å². The number of amides is 4. The van der Waals surface area contributed by atoms with Crippen molar-refractivity contribution in [3.8, 4) is 0 Å². The fourth-order valence-electron chi connectivity index (χ4n) is 2.84. The molecule has 1 rings (SSSR count). The molecule has 0 heterocycles. The minimum atomic E-state index is -1.38. The number of benzene rings is 1. The third-order valence-electron chi connectivity index (χ3n) is 4.57. The lowest BCUT2D eigenvalue weighted by atomic mass is 10.1. The van der Waals surface area contributed by atoms with E-state index in [4.69, 9.17) is 14.2 Å². The van der Waals surface area contributed by atoms with Gasteiger partial charge in [0.1, 0.15) is 30.9 Å². The number of carbonyl (C=O) groups is 5. The highest BCUT2D eigenvalue weighted by Crippen LogP contribution is 2.07. The van der Waals surface area contributed by atoms with E-state index < -0.39 is 47.8 Å². The average molecular weight is 537 g/mol. The molecule has 0 unspecified atom stereocenters. The van der Waals surface area contributed by atoms with Crippen molar-refractivity contribution in [3.05, 3.63) is 48.6 Å². The van der Waals surface area contributed by atoms with E-state index in [9.17, 15) is 29.1 Å². The molecule has 13 nitrogen and oxygen atoms in total. The van der Waals surface area contributed by atoms with Crippen LogP contribution in [-0.4, -0.2) is 72.6 Å². The monoisotopic (exact) mass is 536 g/mol. The van der Waals surface area contributed by atoms with E-state index in [1.165, 1.54) is 6.08 Å².